The number of alkyl halides is 9. The van der Waals surface area contributed by atoms with Gasteiger partial charge < -0.3 is 25.6 Å². The second-order valence-corrected chi connectivity index (χ2v) is 12.6. The molecule has 4 N–H and O–H groups in total. The van der Waals surface area contributed by atoms with Crippen LogP contribution < -0.4 is 20.7 Å². The van der Waals surface area contributed by atoms with Crippen molar-refractivity contribution in [3.63, 3.8) is 0 Å². The molecule has 0 saturated heterocycles. The van der Waals surface area contributed by atoms with Crippen molar-refractivity contribution in [2.45, 2.75) is 62.4 Å². The van der Waals surface area contributed by atoms with E-state index in [2.05, 4.69) is 15.3 Å². The average Bonchev–Trinajstić information content (AvgIpc) is 3.12. The molecule has 0 aliphatic carbocycles. The number of rotatable bonds is 10. The normalized spacial score (nSPS) is 17.9. The molecule has 19 heteroatoms. The molecule has 0 spiro atoms. The maximum absolute atomic E-state index is 14.1. The molecule has 1 unspecified atom stereocenters. The fourth-order valence-corrected chi connectivity index (χ4v) is 6.32. The van der Waals surface area contributed by atoms with E-state index in [-0.39, 0.29) is 49.2 Å². The number of nitrogens with zero attached hydrogens (tertiary/aromatic N) is 3. The summed E-state index contributed by atoms with van der Waals surface area (Å²) in [7, 11) is 0. The van der Waals surface area contributed by atoms with Crippen molar-refractivity contribution in [3.8, 4) is 5.75 Å². The van der Waals surface area contributed by atoms with E-state index < -0.39 is 82.7 Å². The van der Waals surface area contributed by atoms with Crippen molar-refractivity contribution in [1.29, 1.82) is 0 Å². The van der Waals surface area contributed by atoms with Gasteiger partial charge >= 0.3 is 30.7 Å². The summed E-state index contributed by atoms with van der Waals surface area (Å²) in [5.41, 5.74) is -0.692. The van der Waals surface area contributed by atoms with Gasteiger partial charge in [-0.05, 0) is 65.9 Å². The molecule has 1 aliphatic rings. The highest BCUT2D eigenvalue weighted by Gasteiger charge is 2.49. The van der Waals surface area contributed by atoms with Crippen molar-refractivity contribution < 1.29 is 63.7 Å². The summed E-state index contributed by atoms with van der Waals surface area (Å²) in [5.74, 6) is -3.73. The number of aromatic nitrogens is 2. The number of nitrogens with one attached hydrogen (secondary N) is 1. The largest absolute Gasteiger partial charge is 0.489 e. The van der Waals surface area contributed by atoms with Gasteiger partial charge in [-0.25, -0.2) is 19.6 Å². The Morgan fingerprint density at radius 2 is 1.51 bits per heavy atom. The van der Waals surface area contributed by atoms with Gasteiger partial charge in [0, 0.05) is 5.92 Å². The van der Waals surface area contributed by atoms with E-state index in [9.17, 15) is 54.2 Å². The van der Waals surface area contributed by atoms with Gasteiger partial charge in [-0.1, -0.05) is 37.3 Å². The molecule has 2 amide bonds. The highest BCUT2D eigenvalue weighted by atomic mass is 19.4. The lowest BCUT2D eigenvalue weighted by Crippen LogP contribution is -2.61. The fourth-order valence-electron chi connectivity index (χ4n) is 6.32. The van der Waals surface area contributed by atoms with Gasteiger partial charge in [0.1, 0.15) is 19.0 Å². The molecule has 3 atom stereocenters. The molecule has 2 heterocycles. The van der Waals surface area contributed by atoms with Crippen LogP contribution in [0.2, 0.25) is 0 Å². The molecule has 0 fully saturated rings. The quantitative estimate of drug-likeness (QED) is 0.107. The zero-order valence-corrected chi connectivity index (χ0v) is 28.6. The van der Waals surface area contributed by atoms with Crippen LogP contribution in [0, 0.1) is 0 Å². The Morgan fingerprint density at radius 3 is 2.05 bits per heavy atom. The number of alkyl carbamates (subject to hydrolysis) is 1. The molecule has 0 saturated carbocycles. The number of hydrogen-bond acceptors (Lipinski definition) is 7. The Balaban J connectivity index is 1.55. The Kier molecular flexibility index (Phi) is 11.5. The van der Waals surface area contributed by atoms with Crippen molar-refractivity contribution in [3.05, 3.63) is 118 Å². The second-order valence-electron chi connectivity index (χ2n) is 12.6. The van der Waals surface area contributed by atoms with E-state index in [1.807, 2.05) is 0 Å². The summed E-state index contributed by atoms with van der Waals surface area (Å²) in [4.78, 5) is 33.5. The third kappa shape index (κ3) is 9.38. The van der Waals surface area contributed by atoms with Crippen molar-refractivity contribution in [2.75, 3.05) is 18.1 Å². The first-order valence-electron chi connectivity index (χ1n) is 16.4. The Labute approximate surface area is 307 Å². The van der Waals surface area contributed by atoms with E-state index in [1.165, 1.54) is 6.92 Å². The molecule has 3 aromatic carbocycles. The predicted octanol–water partition coefficient (Wildman–Crippen LogP) is 8.71. The van der Waals surface area contributed by atoms with Gasteiger partial charge in [-0.2, -0.15) is 39.5 Å². The summed E-state index contributed by atoms with van der Waals surface area (Å²) in [5, 5.41) is 12.6. The molecule has 1 aliphatic heterocycles. The summed E-state index contributed by atoms with van der Waals surface area (Å²) in [6.45, 7) is 1.23. The predicted molar refractivity (Wildman–Crippen MR) is 177 cm³/mol. The zero-order chi connectivity index (χ0) is 40.3. The summed E-state index contributed by atoms with van der Waals surface area (Å²) in [6, 6.07) is 11.6. The van der Waals surface area contributed by atoms with Crippen LogP contribution in [0.4, 0.5) is 54.8 Å². The highest BCUT2D eigenvalue weighted by Crippen LogP contribution is 2.52. The summed E-state index contributed by atoms with van der Waals surface area (Å²) >= 11 is 0. The van der Waals surface area contributed by atoms with Crippen molar-refractivity contribution in [2.24, 2.45) is 5.73 Å². The first-order valence-corrected chi connectivity index (χ1v) is 16.4. The molecule has 0 radical (unpaired) electrons. The number of fused-ring (bicyclic) bond motifs is 1. The molecular weight excluding hydrogens is 753 g/mol. The van der Waals surface area contributed by atoms with Crippen LogP contribution in [0.5, 0.6) is 5.75 Å². The smallest absolute Gasteiger partial charge is 0.416 e. The van der Waals surface area contributed by atoms with Gasteiger partial charge in [-0.15, -0.1) is 0 Å². The number of hydrogen-bond donors (Lipinski definition) is 3. The monoisotopic (exact) mass is 785 g/mol. The van der Waals surface area contributed by atoms with Crippen LogP contribution in [0.25, 0.3) is 0 Å². The van der Waals surface area contributed by atoms with Crippen molar-refractivity contribution >= 4 is 17.9 Å². The number of ether oxygens (including phenoxy) is 2. The lowest BCUT2D eigenvalue weighted by atomic mass is 9.71. The lowest BCUT2D eigenvalue weighted by molar-refractivity contribution is -0.143. The van der Waals surface area contributed by atoms with Gasteiger partial charge in [0.05, 0.1) is 52.9 Å². The van der Waals surface area contributed by atoms with E-state index in [4.69, 9.17) is 15.2 Å². The molecule has 0 bridgehead atoms. The molecule has 55 heavy (non-hydrogen) atoms. The van der Waals surface area contributed by atoms with E-state index in [0.717, 1.165) is 24.0 Å². The molecular formula is C36H32F9N5O5. The molecule has 5 rings (SSSR count). The van der Waals surface area contributed by atoms with Gasteiger partial charge in [0.25, 0.3) is 0 Å². The fraction of sp³-hybridized carbons (Fsp3) is 0.333. The van der Waals surface area contributed by atoms with E-state index in [0.29, 0.717) is 29.2 Å². The maximum Gasteiger partial charge on any atom is 0.416 e. The number of carboxylic acid groups (broad SMARTS) is 1. The molecule has 4 aromatic rings. The van der Waals surface area contributed by atoms with Crippen LogP contribution in [0.1, 0.15) is 70.8 Å². The molecule has 1 aromatic heterocycles. The Bertz CT molecular complexity index is 1960. The summed E-state index contributed by atoms with van der Waals surface area (Å²) < 4.78 is 137. The lowest BCUT2D eigenvalue weighted by Gasteiger charge is -2.48. The zero-order valence-electron chi connectivity index (χ0n) is 28.6. The number of benzene rings is 3. The third-order valence-electron chi connectivity index (χ3n) is 8.97. The highest BCUT2D eigenvalue weighted by molar-refractivity contribution is 5.90. The van der Waals surface area contributed by atoms with E-state index in [1.54, 1.807) is 30.3 Å². The topological polar surface area (TPSA) is 140 Å². The van der Waals surface area contributed by atoms with Crippen LogP contribution in [-0.2, 0) is 29.9 Å². The number of carbonyl (C=O) groups is 2. The maximum atomic E-state index is 14.1. The first kappa shape index (κ1) is 40.6. The van der Waals surface area contributed by atoms with Gasteiger partial charge in [0.15, 0.2) is 5.75 Å². The standard InChI is InChI=1S/C36H32F9N5O5/c1-2-33(46)16-27(26-15-22(34(37,38)39)8-9-28(26)50(33)32(52)53)29(21-12-23(35(40,41)42)14-24(13-21)36(43,44)45)30-48-17-25(18-49-30)54-11-10-47-31(51)55-19-20-6-4-3-5-7-20/h3-9,12-15,17-18,27,29H,2,10-11,16,19,46H2,1H3,(H,47,51)(H,52,53)/t27-,29?,33-/m1/s1. The number of carbonyl (C=O) groups excluding carboxylic acids is 1. The number of halogens is 9. The number of anilines is 1. The Morgan fingerprint density at radius 1 is 0.909 bits per heavy atom. The average molecular weight is 786 g/mol. The van der Waals surface area contributed by atoms with Gasteiger partial charge in [-0.3, -0.25) is 4.90 Å². The van der Waals surface area contributed by atoms with Crippen LogP contribution >= 0.6 is 0 Å². The number of nitrogens with two attached hydrogens (primary N) is 1. The van der Waals surface area contributed by atoms with Crippen LogP contribution in [0.15, 0.2) is 79.1 Å². The third-order valence-corrected chi connectivity index (χ3v) is 8.97. The van der Waals surface area contributed by atoms with Crippen molar-refractivity contribution in [1.82, 2.24) is 15.3 Å². The van der Waals surface area contributed by atoms with Crippen LogP contribution in [-0.4, -0.2) is 46.1 Å². The summed E-state index contributed by atoms with van der Waals surface area (Å²) in [6.07, 6.45) is -16.6. The molecule has 10 nitrogen and oxygen atoms in total. The van der Waals surface area contributed by atoms with E-state index >= 15 is 0 Å². The minimum absolute atomic E-state index is 0.00119. The first-order chi connectivity index (χ1) is 25.7. The minimum atomic E-state index is -5.30. The molecule has 294 valence electrons. The SMILES string of the molecule is CC[C@]1(N)C[C@@H](C(c2cc(C(F)(F)F)cc(C(F)(F)F)c2)c2ncc(OCCNC(=O)OCc3ccccc3)cn2)c2cc(C(F)(F)F)ccc2N1C(=O)O. The van der Waals surface area contributed by atoms with Gasteiger partial charge in [0.2, 0.25) is 0 Å². The minimum Gasteiger partial charge on any atom is -0.489 e. The number of amides is 2. The second kappa shape index (κ2) is 15.6. The van der Waals surface area contributed by atoms with Crippen LogP contribution in [0.3, 0.4) is 0 Å². The Hall–Kier alpha value is -5.59.